The lowest BCUT2D eigenvalue weighted by molar-refractivity contribution is 0.206. The number of nitrogens with zero attached hydrogens (tertiary/aromatic N) is 3. The van der Waals surface area contributed by atoms with Crippen molar-refractivity contribution in [1.82, 2.24) is 14.5 Å². The van der Waals surface area contributed by atoms with Crippen LogP contribution in [0.25, 0.3) is 0 Å². The Balaban J connectivity index is 1.73. The van der Waals surface area contributed by atoms with Crippen molar-refractivity contribution in [2.75, 3.05) is 6.54 Å². The lowest BCUT2D eigenvalue weighted by Gasteiger charge is -2.27. The predicted octanol–water partition coefficient (Wildman–Crippen LogP) is 1.50. The van der Waals surface area contributed by atoms with Gasteiger partial charge in [0.25, 0.3) is 0 Å². The van der Waals surface area contributed by atoms with Gasteiger partial charge in [-0.3, -0.25) is 4.90 Å². The topological polar surface area (TPSA) is 47.1 Å². The van der Waals surface area contributed by atoms with Crippen molar-refractivity contribution >= 4 is 0 Å². The zero-order chi connectivity index (χ0) is 13.2. The van der Waals surface area contributed by atoms with Crippen LogP contribution in [0.4, 0.5) is 4.39 Å². The summed E-state index contributed by atoms with van der Waals surface area (Å²) < 4.78 is 16.1. The Morgan fingerprint density at radius 2 is 2.21 bits per heavy atom. The number of aromatic nitrogens is 2. The molecule has 1 aliphatic rings. The first-order valence-corrected chi connectivity index (χ1v) is 6.46. The zero-order valence-electron chi connectivity index (χ0n) is 10.7. The molecular weight excluding hydrogens is 243 g/mol. The highest BCUT2D eigenvalue weighted by Crippen LogP contribution is 2.17. The van der Waals surface area contributed by atoms with Gasteiger partial charge in [0.05, 0.1) is 6.54 Å². The third-order valence-electron chi connectivity index (χ3n) is 3.57. The Hall–Kier alpha value is -1.72. The van der Waals surface area contributed by atoms with E-state index in [1.807, 2.05) is 24.5 Å². The average Bonchev–Trinajstić information content (AvgIpc) is 2.88. The number of fused-ring (bicyclic) bond motifs is 1. The molecule has 0 radical (unpaired) electrons. The molecule has 0 spiro atoms. The van der Waals surface area contributed by atoms with E-state index in [1.54, 1.807) is 0 Å². The quantitative estimate of drug-likeness (QED) is 0.909. The molecule has 4 nitrogen and oxygen atoms in total. The first-order valence-electron chi connectivity index (χ1n) is 6.46. The summed E-state index contributed by atoms with van der Waals surface area (Å²) in [6.07, 6.45) is 3.80. The zero-order valence-corrected chi connectivity index (χ0v) is 10.7. The van der Waals surface area contributed by atoms with Crippen LogP contribution in [0.2, 0.25) is 0 Å². The van der Waals surface area contributed by atoms with Gasteiger partial charge >= 0.3 is 0 Å². The Morgan fingerprint density at radius 1 is 1.32 bits per heavy atom. The first-order chi connectivity index (χ1) is 9.26. The van der Waals surface area contributed by atoms with Crippen LogP contribution in [0.5, 0.6) is 0 Å². The van der Waals surface area contributed by atoms with Gasteiger partial charge in [-0.05, 0) is 11.6 Å². The second-order valence-electron chi connectivity index (χ2n) is 4.88. The standard InChI is InChI=1S/C14H17FN4/c15-13-7-11(8-16)1-2-12(13)9-18-5-6-19-4-3-17-14(19)10-18/h1-4,7H,5-6,8-10,16H2. The minimum absolute atomic E-state index is 0.170. The molecule has 0 saturated heterocycles. The third kappa shape index (κ3) is 2.52. The van der Waals surface area contributed by atoms with Gasteiger partial charge in [-0.2, -0.15) is 0 Å². The molecule has 0 saturated carbocycles. The van der Waals surface area contributed by atoms with Crippen LogP contribution in [0, 0.1) is 5.82 Å². The Kier molecular flexibility index (Phi) is 3.31. The molecule has 2 N–H and O–H groups in total. The van der Waals surface area contributed by atoms with Crippen molar-refractivity contribution in [2.24, 2.45) is 5.73 Å². The van der Waals surface area contributed by atoms with Crippen molar-refractivity contribution in [2.45, 2.75) is 26.2 Å². The van der Waals surface area contributed by atoms with E-state index in [0.29, 0.717) is 13.1 Å². The maximum atomic E-state index is 13.9. The van der Waals surface area contributed by atoms with Crippen LogP contribution >= 0.6 is 0 Å². The average molecular weight is 260 g/mol. The number of hydrogen-bond donors (Lipinski definition) is 1. The molecule has 0 atom stereocenters. The monoisotopic (exact) mass is 260 g/mol. The summed E-state index contributed by atoms with van der Waals surface area (Å²) in [5.41, 5.74) is 7.05. The summed E-state index contributed by atoms with van der Waals surface area (Å²) in [7, 11) is 0. The Morgan fingerprint density at radius 3 is 3.00 bits per heavy atom. The van der Waals surface area contributed by atoms with Crippen molar-refractivity contribution in [3.63, 3.8) is 0 Å². The van der Waals surface area contributed by atoms with Gasteiger partial charge in [-0.1, -0.05) is 12.1 Å². The second kappa shape index (κ2) is 5.11. The highest BCUT2D eigenvalue weighted by molar-refractivity contribution is 5.24. The fraction of sp³-hybridized carbons (Fsp3) is 0.357. The molecule has 1 aromatic carbocycles. The largest absolute Gasteiger partial charge is 0.333 e. The van der Waals surface area contributed by atoms with Gasteiger partial charge in [-0.25, -0.2) is 9.37 Å². The lowest BCUT2D eigenvalue weighted by atomic mass is 10.1. The molecule has 19 heavy (non-hydrogen) atoms. The molecule has 0 aliphatic carbocycles. The highest BCUT2D eigenvalue weighted by Gasteiger charge is 2.17. The van der Waals surface area contributed by atoms with E-state index in [9.17, 15) is 4.39 Å². The second-order valence-corrected chi connectivity index (χ2v) is 4.88. The van der Waals surface area contributed by atoms with Crippen LogP contribution in [0.1, 0.15) is 17.0 Å². The normalized spacial score (nSPS) is 15.5. The van der Waals surface area contributed by atoms with Crippen LogP contribution in [-0.4, -0.2) is 21.0 Å². The highest BCUT2D eigenvalue weighted by atomic mass is 19.1. The molecule has 2 aromatic rings. The molecule has 0 fully saturated rings. The van der Waals surface area contributed by atoms with E-state index in [-0.39, 0.29) is 5.82 Å². The Labute approximate surface area is 111 Å². The molecule has 3 rings (SSSR count). The molecule has 0 amide bonds. The summed E-state index contributed by atoms with van der Waals surface area (Å²) in [5, 5.41) is 0. The van der Waals surface area contributed by atoms with E-state index in [0.717, 1.165) is 36.6 Å². The molecule has 0 unspecified atom stereocenters. The summed E-state index contributed by atoms with van der Waals surface area (Å²) in [6, 6.07) is 5.25. The van der Waals surface area contributed by atoms with E-state index in [4.69, 9.17) is 5.73 Å². The molecule has 2 heterocycles. The molecule has 5 heteroatoms. The summed E-state index contributed by atoms with van der Waals surface area (Å²) in [4.78, 5) is 6.52. The van der Waals surface area contributed by atoms with Gasteiger partial charge in [0.15, 0.2) is 0 Å². The minimum atomic E-state index is -0.170. The number of halogens is 1. The van der Waals surface area contributed by atoms with Gasteiger partial charge in [0.2, 0.25) is 0 Å². The van der Waals surface area contributed by atoms with Crippen LogP contribution in [-0.2, 0) is 26.2 Å². The Bertz CT molecular complexity index is 579. The van der Waals surface area contributed by atoms with Crippen molar-refractivity contribution in [1.29, 1.82) is 0 Å². The smallest absolute Gasteiger partial charge is 0.128 e. The number of nitrogens with two attached hydrogens (primary N) is 1. The van der Waals surface area contributed by atoms with Gasteiger partial charge in [-0.15, -0.1) is 0 Å². The fourth-order valence-corrected chi connectivity index (χ4v) is 2.45. The fourth-order valence-electron chi connectivity index (χ4n) is 2.45. The summed E-state index contributed by atoms with van der Waals surface area (Å²) in [6.45, 7) is 3.59. The van der Waals surface area contributed by atoms with Crippen LogP contribution in [0.3, 0.4) is 0 Å². The molecule has 1 aromatic heterocycles. The lowest BCUT2D eigenvalue weighted by Crippen LogP contribution is -2.33. The first kappa shape index (κ1) is 12.3. The van der Waals surface area contributed by atoms with E-state index < -0.39 is 0 Å². The number of imidazole rings is 1. The molecular formula is C14H17FN4. The van der Waals surface area contributed by atoms with Gasteiger partial charge in [0.1, 0.15) is 11.6 Å². The van der Waals surface area contributed by atoms with Crippen molar-refractivity contribution in [3.8, 4) is 0 Å². The van der Waals surface area contributed by atoms with Gasteiger partial charge < -0.3 is 10.3 Å². The maximum absolute atomic E-state index is 13.9. The number of hydrogen-bond acceptors (Lipinski definition) is 3. The number of rotatable bonds is 3. The summed E-state index contributed by atoms with van der Waals surface area (Å²) in [5.74, 6) is 0.877. The maximum Gasteiger partial charge on any atom is 0.128 e. The van der Waals surface area contributed by atoms with Crippen LogP contribution in [0.15, 0.2) is 30.6 Å². The molecule has 1 aliphatic heterocycles. The van der Waals surface area contributed by atoms with E-state index in [1.165, 1.54) is 6.07 Å². The van der Waals surface area contributed by atoms with E-state index >= 15 is 0 Å². The van der Waals surface area contributed by atoms with Crippen molar-refractivity contribution in [3.05, 3.63) is 53.4 Å². The van der Waals surface area contributed by atoms with Crippen LogP contribution < -0.4 is 5.73 Å². The SMILES string of the molecule is NCc1ccc(CN2CCn3ccnc3C2)c(F)c1. The van der Waals surface area contributed by atoms with Crippen molar-refractivity contribution < 1.29 is 4.39 Å². The van der Waals surface area contributed by atoms with Gasteiger partial charge in [0, 0.05) is 44.1 Å². The molecule has 0 bridgehead atoms. The third-order valence-corrected chi connectivity index (χ3v) is 3.57. The van der Waals surface area contributed by atoms with E-state index in [2.05, 4.69) is 14.5 Å². The predicted molar refractivity (Wildman–Crippen MR) is 70.6 cm³/mol. The summed E-state index contributed by atoms with van der Waals surface area (Å²) >= 11 is 0. The minimum Gasteiger partial charge on any atom is -0.333 e. The number of benzene rings is 1. The molecule has 100 valence electrons.